The van der Waals surface area contributed by atoms with Gasteiger partial charge in [0.25, 0.3) is 0 Å². The summed E-state index contributed by atoms with van der Waals surface area (Å²) in [4.78, 5) is 14.4. The van der Waals surface area contributed by atoms with Crippen molar-refractivity contribution in [3.05, 3.63) is 24.3 Å². The number of ether oxygens (including phenoxy) is 1. The topological polar surface area (TPSA) is 41.6 Å². The number of anilines is 1. The SMILES string of the molecule is CCC(C)Oc1cccc(N2CCC(NC3CC3)C2=O)c1. The van der Waals surface area contributed by atoms with Crippen LogP contribution in [0.15, 0.2) is 24.3 Å². The zero-order valence-electron chi connectivity index (χ0n) is 12.8. The van der Waals surface area contributed by atoms with E-state index in [4.69, 9.17) is 4.74 Å². The van der Waals surface area contributed by atoms with Crippen LogP contribution in [-0.4, -0.2) is 30.6 Å². The Morgan fingerprint density at radius 2 is 2.19 bits per heavy atom. The number of amides is 1. The van der Waals surface area contributed by atoms with Crippen molar-refractivity contribution in [2.75, 3.05) is 11.4 Å². The number of nitrogens with zero attached hydrogens (tertiary/aromatic N) is 1. The van der Waals surface area contributed by atoms with Crippen molar-refractivity contribution in [3.63, 3.8) is 0 Å². The highest BCUT2D eigenvalue weighted by atomic mass is 16.5. The smallest absolute Gasteiger partial charge is 0.244 e. The van der Waals surface area contributed by atoms with Gasteiger partial charge in [-0.25, -0.2) is 0 Å². The first-order valence-electron chi connectivity index (χ1n) is 8.01. The van der Waals surface area contributed by atoms with Gasteiger partial charge in [0, 0.05) is 24.3 Å². The van der Waals surface area contributed by atoms with E-state index in [1.165, 1.54) is 12.8 Å². The number of hydrogen-bond donors (Lipinski definition) is 1. The zero-order valence-corrected chi connectivity index (χ0v) is 12.8. The molecule has 2 unspecified atom stereocenters. The van der Waals surface area contributed by atoms with Gasteiger partial charge in [-0.1, -0.05) is 13.0 Å². The lowest BCUT2D eigenvalue weighted by molar-refractivity contribution is -0.118. The Morgan fingerprint density at radius 1 is 1.38 bits per heavy atom. The lowest BCUT2D eigenvalue weighted by atomic mass is 10.2. The molecule has 1 saturated heterocycles. The second-order valence-electron chi connectivity index (χ2n) is 6.11. The van der Waals surface area contributed by atoms with Crippen molar-refractivity contribution in [1.82, 2.24) is 5.32 Å². The van der Waals surface area contributed by atoms with Crippen LogP contribution in [0.4, 0.5) is 5.69 Å². The van der Waals surface area contributed by atoms with Crippen LogP contribution < -0.4 is 15.0 Å². The van der Waals surface area contributed by atoms with Crippen molar-refractivity contribution in [2.45, 2.75) is 57.7 Å². The Bertz CT molecular complexity index is 513. The first-order valence-corrected chi connectivity index (χ1v) is 8.01. The molecule has 1 N–H and O–H groups in total. The number of carbonyl (C=O) groups excluding carboxylic acids is 1. The largest absolute Gasteiger partial charge is 0.491 e. The summed E-state index contributed by atoms with van der Waals surface area (Å²) in [6.45, 7) is 4.95. The molecule has 1 heterocycles. The fourth-order valence-electron chi connectivity index (χ4n) is 2.67. The van der Waals surface area contributed by atoms with Gasteiger partial charge in [-0.2, -0.15) is 0 Å². The van der Waals surface area contributed by atoms with Crippen LogP contribution >= 0.6 is 0 Å². The lowest BCUT2D eigenvalue weighted by Crippen LogP contribution is -2.39. The number of hydrogen-bond acceptors (Lipinski definition) is 3. The number of carbonyl (C=O) groups is 1. The molecule has 2 atom stereocenters. The molecule has 1 saturated carbocycles. The summed E-state index contributed by atoms with van der Waals surface area (Å²) >= 11 is 0. The van der Waals surface area contributed by atoms with Crippen LogP contribution in [0.3, 0.4) is 0 Å². The second kappa shape index (κ2) is 6.06. The van der Waals surface area contributed by atoms with Gasteiger partial charge < -0.3 is 15.0 Å². The molecule has 1 aromatic rings. The highest BCUT2D eigenvalue weighted by Gasteiger charge is 2.36. The molecule has 0 bridgehead atoms. The summed E-state index contributed by atoms with van der Waals surface area (Å²) < 4.78 is 5.85. The van der Waals surface area contributed by atoms with Gasteiger partial charge >= 0.3 is 0 Å². The molecule has 2 fully saturated rings. The van der Waals surface area contributed by atoms with Gasteiger partial charge in [-0.05, 0) is 44.7 Å². The van der Waals surface area contributed by atoms with Crippen molar-refractivity contribution in [3.8, 4) is 5.75 Å². The molecule has 0 aromatic heterocycles. The molecule has 0 radical (unpaired) electrons. The highest BCUT2D eigenvalue weighted by molar-refractivity contribution is 5.99. The number of nitrogens with one attached hydrogen (secondary N) is 1. The maximum absolute atomic E-state index is 12.5. The van der Waals surface area contributed by atoms with E-state index in [9.17, 15) is 4.79 Å². The average molecular weight is 288 g/mol. The van der Waals surface area contributed by atoms with Gasteiger partial charge in [0.2, 0.25) is 5.91 Å². The maximum Gasteiger partial charge on any atom is 0.244 e. The molecular weight excluding hydrogens is 264 g/mol. The van der Waals surface area contributed by atoms with E-state index in [1.807, 2.05) is 29.2 Å². The van der Waals surface area contributed by atoms with Crippen molar-refractivity contribution in [1.29, 1.82) is 0 Å². The quantitative estimate of drug-likeness (QED) is 0.875. The first-order chi connectivity index (χ1) is 10.2. The molecule has 21 heavy (non-hydrogen) atoms. The molecular formula is C17H24N2O2. The molecule has 1 amide bonds. The maximum atomic E-state index is 12.5. The highest BCUT2D eigenvalue weighted by Crippen LogP contribution is 2.28. The lowest BCUT2D eigenvalue weighted by Gasteiger charge is -2.19. The van der Waals surface area contributed by atoms with Crippen LogP contribution in [0.1, 0.15) is 39.5 Å². The molecule has 0 spiro atoms. The Labute approximate surface area is 126 Å². The average Bonchev–Trinajstić information content (AvgIpc) is 3.23. The van der Waals surface area contributed by atoms with E-state index in [-0.39, 0.29) is 18.1 Å². The van der Waals surface area contributed by atoms with Gasteiger partial charge in [0.15, 0.2) is 0 Å². The molecule has 4 heteroatoms. The predicted molar refractivity (Wildman–Crippen MR) is 83.7 cm³/mol. The Morgan fingerprint density at radius 3 is 2.90 bits per heavy atom. The van der Waals surface area contributed by atoms with Gasteiger partial charge in [0.05, 0.1) is 12.1 Å². The van der Waals surface area contributed by atoms with Crippen LogP contribution in [0.25, 0.3) is 0 Å². The summed E-state index contributed by atoms with van der Waals surface area (Å²) in [5.74, 6) is 1.04. The van der Waals surface area contributed by atoms with Gasteiger partial charge in [-0.3, -0.25) is 4.79 Å². The van der Waals surface area contributed by atoms with Crippen molar-refractivity contribution < 1.29 is 9.53 Å². The summed E-state index contributed by atoms with van der Waals surface area (Å²) in [6, 6.07) is 8.44. The summed E-state index contributed by atoms with van der Waals surface area (Å²) in [6.07, 6.45) is 4.48. The Hall–Kier alpha value is -1.55. The van der Waals surface area contributed by atoms with E-state index in [2.05, 4.69) is 19.2 Å². The second-order valence-corrected chi connectivity index (χ2v) is 6.11. The molecule has 1 aliphatic carbocycles. The molecule has 2 aliphatic rings. The fraction of sp³-hybridized carbons (Fsp3) is 0.588. The Balaban J connectivity index is 1.68. The van der Waals surface area contributed by atoms with Crippen LogP contribution in [0, 0.1) is 0 Å². The molecule has 114 valence electrons. The van der Waals surface area contributed by atoms with Crippen LogP contribution in [0.5, 0.6) is 5.75 Å². The van der Waals surface area contributed by atoms with E-state index in [0.29, 0.717) is 6.04 Å². The standard InChI is InChI=1S/C17H24N2O2/c1-3-12(2)21-15-6-4-5-14(11-15)19-10-9-16(17(19)20)18-13-7-8-13/h4-6,11-13,16,18H,3,7-10H2,1-2H3. The third-order valence-corrected chi connectivity index (χ3v) is 4.26. The molecule has 3 rings (SSSR count). The predicted octanol–water partition coefficient (Wildman–Crippen LogP) is 2.72. The summed E-state index contributed by atoms with van der Waals surface area (Å²) in [5.41, 5.74) is 0.945. The van der Waals surface area contributed by atoms with E-state index >= 15 is 0 Å². The van der Waals surface area contributed by atoms with Crippen LogP contribution in [0.2, 0.25) is 0 Å². The normalized spacial score (nSPS) is 23.4. The Kier molecular flexibility index (Phi) is 4.15. The number of rotatable bonds is 6. The minimum absolute atomic E-state index is 0.00311. The van der Waals surface area contributed by atoms with Crippen molar-refractivity contribution >= 4 is 11.6 Å². The molecule has 1 aromatic carbocycles. The zero-order chi connectivity index (χ0) is 14.8. The number of benzene rings is 1. The first kappa shape index (κ1) is 14.4. The van der Waals surface area contributed by atoms with Crippen LogP contribution in [-0.2, 0) is 4.79 Å². The summed E-state index contributed by atoms with van der Waals surface area (Å²) in [5, 5.41) is 3.44. The third kappa shape index (κ3) is 3.38. The van der Waals surface area contributed by atoms with Crippen molar-refractivity contribution in [2.24, 2.45) is 0 Å². The van der Waals surface area contributed by atoms with E-state index in [0.717, 1.165) is 30.8 Å². The van der Waals surface area contributed by atoms with Gasteiger partial charge in [0.1, 0.15) is 5.75 Å². The molecule has 1 aliphatic heterocycles. The fourth-order valence-corrected chi connectivity index (χ4v) is 2.67. The van der Waals surface area contributed by atoms with E-state index < -0.39 is 0 Å². The minimum Gasteiger partial charge on any atom is -0.491 e. The molecule has 4 nitrogen and oxygen atoms in total. The van der Waals surface area contributed by atoms with E-state index in [1.54, 1.807) is 0 Å². The minimum atomic E-state index is -0.00311. The summed E-state index contributed by atoms with van der Waals surface area (Å²) in [7, 11) is 0. The van der Waals surface area contributed by atoms with Gasteiger partial charge in [-0.15, -0.1) is 0 Å². The third-order valence-electron chi connectivity index (χ3n) is 4.26. The monoisotopic (exact) mass is 288 g/mol.